The molecule has 1 N–H and O–H groups in total. The van der Waals surface area contributed by atoms with Gasteiger partial charge in [0.1, 0.15) is 5.15 Å². The van der Waals surface area contributed by atoms with Gasteiger partial charge in [-0.15, -0.1) is 0 Å². The van der Waals surface area contributed by atoms with E-state index in [1.807, 2.05) is 30.5 Å². The van der Waals surface area contributed by atoms with Crippen LogP contribution in [0, 0.1) is 0 Å². The summed E-state index contributed by atoms with van der Waals surface area (Å²) in [5.41, 5.74) is 6.32. The Labute approximate surface area is 151 Å². The van der Waals surface area contributed by atoms with Gasteiger partial charge in [0.15, 0.2) is 0 Å². The van der Waals surface area contributed by atoms with Crippen molar-refractivity contribution in [3.63, 3.8) is 0 Å². The van der Waals surface area contributed by atoms with Gasteiger partial charge in [0, 0.05) is 44.0 Å². The number of halogens is 1. The van der Waals surface area contributed by atoms with E-state index in [0.717, 1.165) is 48.2 Å². The van der Waals surface area contributed by atoms with Gasteiger partial charge in [0.05, 0.1) is 5.52 Å². The highest BCUT2D eigenvalue weighted by molar-refractivity contribution is 6.29. The molecule has 0 radical (unpaired) electrons. The first-order valence-electron chi connectivity index (χ1n) is 8.26. The Morgan fingerprint density at radius 1 is 1.00 bits per heavy atom. The lowest BCUT2D eigenvalue weighted by Crippen LogP contribution is -2.47. The zero-order chi connectivity index (χ0) is 17.2. The van der Waals surface area contributed by atoms with Crippen molar-refractivity contribution in [2.45, 2.75) is 0 Å². The largest absolute Gasteiger partial charge is 0.304 e. The van der Waals surface area contributed by atoms with Gasteiger partial charge in [0.2, 0.25) is 5.95 Å². The molecular weight excluding hydrogens is 336 g/mol. The van der Waals surface area contributed by atoms with Crippen molar-refractivity contribution in [3.8, 4) is 11.1 Å². The van der Waals surface area contributed by atoms with Crippen LogP contribution in [0.25, 0.3) is 22.0 Å². The minimum atomic E-state index is 0.487. The number of likely N-dealkylation sites (N-methyl/N-ethyl adjacent to an activating group) is 1. The molecule has 0 atom stereocenters. The van der Waals surface area contributed by atoms with Crippen molar-refractivity contribution < 1.29 is 0 Å². The summed E-state index contributed by atoms with van der Waals surface area (Å²) in [6.45, 7) is 4.00. The Morgan fingerprint density at radius 2 is 1.80 bits per heavy atom. The molecule has 0 unspecified atom stereocenters. The molecule has 0 amide bonds. The molecule has 0 saturated carbocycles. The second kappa shape index (κ2) is 6.92. The molecule has 1 aromatic carbocycles. The highest BCUT2D eigenvalue weighted by Gasteiger charge is 2.14. The van der Waals surface area contributed by atoms with E-state index in [9.17, 15) is 0 Å². The molecule has 1 fully saturated rings. The number of fused-ring (bicyclic) bond motifs is 1. The standard InChI is InChI=1S/C18H19ClN6/c1-24-6-8-25(9-7-24)23-18-21-12-15-10-13(2-3-16(15)22-18)14-4-5-20-17(19)11-14/h2-5,10-12H,6-9H2,1H3,(H,21,22,23). The lowest BCUT2D eigenvalue weighted by Gasteiger charge is -2.32. The molecule has 1 aliphatic heterocycles. The molecule has 1 aliphatic rings. The molecule has 25 heavy (non-hydrogen) atoms. The first-order chi connectivity index (χ1) is 12.2. The van der Waals surface area contributed by atoms with Gasteiger partial charge in [-0.1, -0.05) is 17.7 Å². The van der Waals surface area contributed by atoms with Crippen molar-refractivity contribution in [1.82, 2.24) is 24.9 Å². The van der Waals surface area contributed by atoms with E-state index in [4.69, 9.17) is 11.6 Å². The molecule has 6 nitrogen and oxygen atoms in total. The van der Waals surface area contributed by atoms with E-state index in [-0.39, 0.29) is 0 Å². The van der Waals surface area contributed by atoms with E-state index >= 15 is 0 Å². The Hall–Kier alpha value is -2.28. The SMILES string of the molecule is CN1CCN(Nc2ncc3cc(-c4ccnc(Cl)c4)ccc3n2)CC1. The van der Waals surface area contributed by atoms with Gasteiger partial charge in [-0.05, 0) is 42.4 Å². The maximum absolute atomic E-state index is 5.98. The summed E-state index contributed by atoms with van der Waals surface area (Å²) in [5, 5.41) is 3.64. The fourth-order valence-corrected chi connectivity index (χ4v) is 3.08. The molecule has 1 saturated heterocycles. The van der Waals surface area contributed by atoms with Crippen molar-refractivity contribution in [1.29, 1.82) is 0 Å². The lowest BCUT2D eigenvalue weighted by molar-refractivity contribution is 0.178. The quantitative estimate of drug-likeness (QED) is 0.730. The molecule has 0 spiro atoms. The topological polar surface area (TPSA) is 57.2 Å². The summed E-state index contributed by atoms with van der Waals surface area (Å²) < 4.78 is 0. The fraction of sp³-hybridized carbons (Fsp3) is 0.278. The molecule has 3 aromatic rings. The lowest BCUT2D eigenvalue weighted by atomic mass is 10.1. The van der Waals surface area contributed by atoms with Crippen LogP contribution in [0.4, 0.5) is 5.95 Å². The maximum Gasteiger partial charge on any atom is 0.238 e. The number of anilines is 1. The fourth-order valence-electron chi connectivity index (χ4n) is 2.91. The number of aromatic nitrogens is 3. The predicted octanol–water partition coefficient (Wildman–Crippen LogP) is 2.92. The normalized spacial score (nSPS) is 16.2. The van der Waals surface area contributed by atoms with E-state index in [1.165, 1.54) is 0 Å². The van der Waals surface area contributed by atoms with Gasteiger partial charge < -0.3 is 4.90 Å². The molecule has 128 valence electrons. The van der Waals surface area contributed by atoms with Crippen LogP contribution in [0.1, 0.15) is 0 Å². The summed E-state index contributed by atoms with van der Waals surface area (Å²) in [7, 11) is 2.14. The van der Waals surface area contributed by atoms with Gasteiger partial charge in [-0.25, -0.2) is 20.0 Å². The van der Waals surface area contributed by atoms with E-state index in [2.05, 4.69) is 43.4 Å². The number of piperazine rings is 1. The van der Waals surface area contributed by atoms with Crippen molar-refractivity contribution in [3.05, 3.63) is 47.9 Å². The zero-order valence-electron chi connectivity index (χ0n) is 14.0. The highest BCUT2D eigenvalue weighted by Crippen LogP contribution is 2.25. The van der Waals surface area contributed by atoms with Crippen molar-refractivity contribution in [2.75, 3.05) is 38.7 Å². The number of nitrogens with zero attached hydrogens (tertiary/aromatic N) is 5. The number of hydrogen-bond donors (Lipinski definition) is 1. The molecule has 7 heteroatoms. The summed E-state index contributed by atoms with van der Waals surface area (Å²) in [6.07, 6.45) is 3.56. The minimum absolute atomic E-state index is 0.487. The number of pyridine rings is 1. The first-order valence-corrected chi connectivity index (χ1v) is 8.64. The maximum atomic E-state index is 5.98. The molecular formula is C18H19ClN6. The Balaban J connectivity index is 1.56. The monoisotopic (exact) mass is 354 g/mol. The van der Waals surface area contributed by atoms with Crippen LogP contribution in [0.5, 0.6) is 0 Å². The third-order valence-corrected chi connectivity index (χ3v) is 4.61. The highest BCUT2D eigenvalue weighted by atomic mass is 35.5. The Morgan fingerprint density at radius 3 is 2.60 bits per heavy atom. The van der Waals surface area contributed by atoms with Gasteiger partial charge in [-0.3, -0.25) is 5.43 Å². The average Bonchev–Trinajstić information content (AvgIpc) is 2.63. The average molecular weight is 355 g/mol. The van der Waals surface area contributed by atoms with Crippen LogP contribution in [0.3, 0.4) is 0 Å². The third-order valence-electron chi connectivity index (χ3n) is 4.40. The molecule has 2 aromatic heterocycles. The van der Waals surface area contributed by atoms with Crippen LogP contribution in [0.2, 0.25) is 5.15 Å². The number of hydrazine groups is 1. The van der Waals surface area contributed by atoms with Crippen molar-refractivity contribution in [2.24, 2.45) is 0 Å². The summed E-state index contributed by atoms with van der Waals surface area (Å²) in [5.74, 6) is 0.636. The minimum Gasteiger partial charge on any atom is -0.304 e. The predicted molar refractivity (Wildman–Crippen MR) is 100 cm³/mol. The third kappa shape index (κ3) is 3.71. The molecule has 3 heterocycles. The van der Waals surface area contributed by atoms with Crippen LogP contribution in [-0.2, 0) is 0 Å². The summed E-state index contributed by atoms with van der Waals surface area (Å²) in [6, 6.07) is 9.92. The smallest absolute Gasteiger partial charge is 0.238 e. The number of hydrogen-bond acceptors (Lipinski definition) is 6. The number of rotatable bonds is 3. The molecule has 0 aliphatic carbocycles. The van der Waals surface area contributed by atoms with Gasteiger partial charge in [-0.2, -0.15) is 0 Å². The zero-order valence-corrected chi connectivity index (χ0v) is 14.7. The molecule has 4 rings (SSSR count). The van der Waals surface area contributed by atoms with Crippen LogP contribution in [-0.4, -0.2) is 58.1 Å². The summed E-state index contributed by atoms with van der Waals surface area (Å²) in [4.78, 5) is 15.4. The Bertz CT molecular complexity index is 892. The molecule has 0 bridgehead atoms. The first kappa shape index (κ1) is 16.2. The Kier molecular flexibility index (Phi) is 4.48. The second-order valence-electron chi connectivity index (χ2n) is 6.24. The summed E-state index contributed by atoms with van der Waals surface area (Å²) >= 11 is 5.98. The van der Waals surface area contributed by atoms with E-state index < -0.39 is 0 Å². The van der Waals surface area contributed by atoms with E-state index in [0.29, 0.717) is 11.1 Å². The van der Waals surface area contributed by atoms with Gasteiger partial charge in [0.25, 0.3) is 0 Å². The van der Waals surface area contributed by atoms with Crippen LogP contribution in [0.15, 0.2) is 42.7 Å². The van der Waals surface area contributed by atoms with Crippen LogP contribution >= 0.6 is 11.6 Å². The van der Waals surface area contributed by atoms with Gasteiger partial charge >= 0.3 is 0 Å². The van der Waals surface area contributed by atoms with Crippen molar-refractivity contribution >= 4 is 28.5 Å². The van der Waals surface area contributed by atoms with Crippen LogP contribution < -0.4 is 5.43 Å². The number of nitrogens with one attached hydrogen (secondary N) is 1. The number of benzene rings is 1. The van der Waals surface area contributed by atoms with E-state index in [1.54, 1.807) is 6.20 Å². The second-order valence-corrected chi connectivity index (χ2v) is 6.62.